The Morgan fingerprint density at radius 3 is 2.62 bits per heavy atom. The number of nitrogen functional groups attached to an aromatic ring is 1. The molecule has 3 nitrogen and oxygen atoms in total. The van der Waals surface area contributed by atoms with Gasteiger partial charge >= 0.3 is 0 Å². The highest BCUT2D eigenvalue weighted by Gasteiger charge is 2.03. The van der Waals surface area contributed by atoms with Gasteiger partial charge in [-0.25, -0.2) is 4.39 Å². The predicted molar refractivity (Wildman–Crippen MR) is 84.9 cm³/mol. The van der Waals surface area contributed by atoms with Gasteiger partial charge in [0, 0.05) is 21.8 Å². The summed E-state index contributed by atoms with van der Waals surface area (Å²) in [6.45, 7) is 0. The average molecular weight is 325 g/mol. The fraction of sp³-hybridized carbons (Fsp3) is 0. The van der Waals surface area contributed by atoms with Gasteiger partial charge in [0.1, 0.15) is 5.82 Å². The van der Waals surface area contributed by atoms with Gasteiger partial charge in [0.05, 0.1) is 5.69 Å². The normalized spacial score (nSPS) is 10.8. The van der Waals surface area contributed by atoms with Crippen LogP contribution in [-0.4, -0.2) is 5.91 Å². The maximum absolute atomic E-state index is 13.2. The van der Waals surface area contributed by atoms with Crippen molar-refractivity contribution < 1.29 is 9.18 Å². The first-order valence-corrected chi connectivity index (χ1v) is 6.70. The highest BCUT2D eigenvalue weighted by molar-refractivity contribution is 6.35. The van der Waals surface area contributed by atoms with Crippen LogP contribution in [0, 0.1) is 5.82 Å². The van der Waals surface area contributed by atoms with Crippen molar-refractivity contribution in [2.24, 2.45) is 0 Å². The molecule has 0 spiro atoms. The molecule has 6 heteroatoms. The molecule has 0 aliphatic heterocycles. The molecule has 0 aliphatic rings. The van der Waals surface area contributed by atoms with E-state index in [1.807, 2.05) is 0 Å². The van der Waals surface area contributed by atoms with Gasteiger partial charge in [-0.05, 0) is 42.0 Å². The molecule has 21 heavy (non-hydrogen) atoms. The van der Waals surface area contributed by atoms with E-state index in [0.29, 0.717) is 21.3 Å². The van der Waals surface area contributed by atoms with Crippen LogP contribution in [0.2, 0.25) is 10.0 Å². The highest BCUT2D eigenvalue weighted by Crippen LogP contribution is 2.22. The molecule has 3 N–H and O–H groups in total. The van der Waals surface area contributed by atoms with Gasteiger partial charge in [0.2, 0.25) is 5.91 Å². The largest absolute Gasteiger partial charge is 0.396 e. The Morgan fingerprint density at radius 1 is 1.19 bits per heavy atom. The van der Waals surface area contributed by atoms with Crippen LogP contribution in [0.1, 0.15) is 5.56 Å². The molecule has 0 atom stereocenters. The molecular formula is C15H11Cl2FN2O. The molecule has 2 rings (SSSR count). The third-order valence-corrected chi connectivity index (χ3v) is 3.21. The Bertz CT molecular complexity index is 717. The fourth-order valence-electron chi connectivity index (χ4n) is 1.59. The van der Waals surface area contributed by atoms with Crippen molar-refractivity contribution >= 4 is 46.6 Å². The van der Waals surface area contributed by atoms with Crippen molar-refractivity contribution in [1.82, 2.24) is 0 Å². The number of benzene rings is 2. The number of carbonyl (C=O) groups is 1. The lowest BCUT2D eigenvalue weighted by molar-refractivity contribution is -0.111. The van der Waals surface area contributed by atoms with Crippen LogP contribution < -0.4 is 11.1 Å². The molecule has 0 saturated heterocycles. The lowest BCUT2D eigenvalue weighted by atomic mass is 10.2. The summed E-state index contributed by atoms with van der Waals surface area (Å²) >= 11 is 11.8. The van der Waals surface area contributed by atoms with Crippen LogP contribution >= 0.6 is 23.2 Å². The number of hydrogen-bond acceptors (Lipinski definition) is 2. The maximum Gasteiger partial charge on any atom is 0.248 e. The van der Waals surface area contributed by atoms with E-state index in [9.17, 15) is 9.18 Å². The zero-order chi connectivity index (χ0) is 15.4. The summed E-state index contributed by atoms with van der Waals surface area (Å²) in [7, 11) is 0. The monoisotopic (exact) mass is 324 g/mol. The van der Waals surface area contributed by atoms with Crippen molar-refractivity contribution in [3.63, 3.8) is 0 Å². The number of hydrogen-bond donors (Lipinski definition) is 2. The molecule has 1 amide bonds. The first-order chi connectivity index (χ1) is 9.95. The average Bonchev–Trinajstić information content (AvgIpc) is 2.42. The van der Waals surface area contributed by atoms with Gasteiger partial charge in [-0.2, -0.15) is 0 Å². The molecule has 0 unspecified atom stereocenters. The van der Waals surface area contributed by atoms with Gasteiger partial charge < -0.3 is 11.1 Å². The van der Waals surface area contributed by atoms with Gasteiger partial charge in [-0.1, -0.05) is 29.3 Å². The minimum Gasteiger partial charge on any atom is -0.396 e. The number of rotatable bonds is 3. The topological polar surface area (TPSA) is 55.1 Å². The quantitative estimate of drug-likeness (QED) is 0.650. The second-order valence-corrected chi connectivity index (χ2v) is 5.07. The highest BCUT2D eigenvalue weighted by atomic mass is 35.5. The number of nitrogens with two attached hydrogens (primary N) is 1. The first-order valence-electron chi connectivity index (χ1n) is 5.95. The number of amides is 1. The summed E-state index contributed by atoms with van der Waals surface area (Å²) in [5, 5.41) is 3.47. The molecule has 0 heterocycles. The summed E-state index contributed by atoms with van der Waals surface area (Å²) < 4.78 is 13.2. The number of anilines is 2. The maximum atomic E-state index is 13.2. The van der Waals surface area contributed by atoms with E-state index in [1.54, 1.807) is 24.3 Å². The molecule has 0 radical (unpaired) electrons. The Labute approximate surface area is 131 Å². The summed E-state index contributed by atoms with van der Waals surface area (Å²) in [5.74, 6) is -0.997. The van der Waals surface area contributed by atoms with Crippen molar-refractivity contribution in [2.45, 2.75) is 0 Å². The van der Waals surface area contributed by atoms with Gasteiger partial charge in [-0.15, -0.1) is 0 Å². The van der Waals surface area contributed by atoms with Crippen LogP contribution in [-0.2, 0) is 4.79 Å². The van der Waals surface area contributed by atoms with Crippen LogP contribution in [0.4, 0.5) is 15.8 Å². The third kappa shape index (κ3) is 4.21. The van der Waals surface area contributed by atoms with Gasteiger partial charge in [0.25, 0.3) is 0 Å². The second kappa shape index (κ2) is 6.61. The molecule has 0 aliphatic carbocycles. The van der Waals surface area contributed by atoms with E-state index < -0.39 is 11.7 Å². The minimum absolute atomic E-state index is 0.0245. The van der Waals surface area contributed by atoms with Crippen molar-refractivity contribution in [2.75, 3.05) is 11.1 Å². The van der Waals surface area contributed by atoms with Crippen molar-refractivity contribution in [1.29, 1.82) is 0 Å². The predicted octanol–water partition coefficient (Wildman–Crippen LogP) is 4.37. The van der Waals surface area contributed by atoms with Crippen LogP contribution in [0.3, 0.4) is 0 Å². The number of nitrogens with one attached hydrogen (secondary N) is 1. The standard InChI is InChI=1S/C15H11Cl2FN2O/c16-10-3-1-9(12(17)7-10)2-6-15(21)20-11-4-5-14(19)13(18)8-11/h1-8H,19H2,(H,20,21)/b6-2+. The zero-order valence-electron chi connectivity index (χ0n) is 10.7. The van der Waals surface area contributed by atoms with E-state index in [1.165, 1.54) is 18.2 Å². The van der Waals surface area contributed by atoms with Crippen LogP contribution in [0.15, 0.2) is 42.5 Å². The summed E-state index contributed by atoms with van der Waals surface area (Å²) in [5.41, 5.74) is 6.35. The molecule has 0 bridgehead atoms. The molecule has 0 aromatic heterocycles. The van der Waals surface area contributed by atoms with E-state index in [4.69, 9.17) is 28.9 Å². The molecule has 2 aromatic rings. The van der Waals surface area contributed by atoms with Gasteiger partial charge in [0.15, 0.2) is 0 Å². The van der Waals surface area contributed by atoms with Crippen molar-refractivity contribution in [3.05, 3.63) is 63.9 Å². The third-order valence-electron chi connectivity index (χ3n) is 2.64. The van der Waals surface area contributed by atoms with Crippen LogP contribution in [0.5, 0.6) is 0 Å². The van der Waals surface area contributed by atoms with Crippen molar-refractivity contribution in [3.8, 4) is 0 Å². The van der Waals surface area contributed by atoms with E-state index in [2.05, 4.69) is 5.32 Å². The van der Waals surface area contributed by atoms with E-state index in [0.717, 1.165) is 6.07 Å². The second-order valence-electron chi connectivity index (χ2n) is 4.22. The Morgan fingerprint density at radius 2 is 1.95 bits per heavy atom. The SMILES string of the molecule is Nc1ccc(NC(=O)/C=C/c2ccc(Cl)cc2Cl)cc1F. The minimum atomic E-state index is -0.586. The molecule has 108 valence electrons. The zero-order valence-corrected chi connectivity index (χ0v) is 12.3. The summed E-state index contributed by atoms with van der Waals surface area (Å²) in [4.78, 5) is 11.7. The Balaban J connectivity index is 2.07. The summed E-state index contributed by atoms with van der Waals surface area (Å²) in [6.07, 6.45) is 2.84. The Hall–Kier alpha value is -2.04. The Kier molecular flexibility index (Phi) is 4.83. The van der Waals surface area contributed by atoms with Crippen LogP contribution in [0.25, 0.3) is 6.08 Å². The lowest BCUT2D eigenvalue weighted by Gasteiger charge is -2.04. The molecular weight excluding hydrogens is 314 g/mol. The number of halogens is 3. The first kappa shape index (κ1) is 15.4. The van der Waals surface area contributed by atoms with E-state index >= 15 is 0 Å². The number of carbonyl (C=O) groups excluding carboxylic acids is 1. The van der Waals surface area contributed by atoms with E-state index in [-0.39, 0.29) is 5.69 Å². The molecule has 2 aromatic carbocycles. The summed E-state index contributed by atoms with van der Waals surface area (Å²) in [6, 6.07) is 8.98. The fourth-order valence-corrected chi connectivity index (χ4v) is 2.06. The lowest BCUT2D eigenvalue weighted by Crippen LogP contribution is -2.08. The molecule has 0 fully saturated rings. The smallest absolute Gasteiger partial charge is 0.248 e. The van der Waals surface area contributed by atoms with Gasteiger partial charge in [-0.3, -0.25) is 4.79 Å². The molecule has 0 saturated carbocycles.